The standard InChI is InChI=1S/C15H29N3/c1-17-14-5-6-15(17)11-18(8-7-14)10-13-4-2-3-12(13)9-16/h12-15H,2-11,16H2,1H3. The monoisotopic (exact) mass is 251 g/mol. The smallest absolute Gasteiger partial charge is 0.0223 e. The predicted molar refractivity (Wildman–Crippen MR) is 75.5 cm³/mol. The maximum absolute atomic E-state index is 5.92. The number of rotatable bonds is 3. The van der Waals surface area contributed by atoms with Crippen LogP contribution < -0.4 is 5.73 Å². The highest BCUT2D eigenvalue weighted by molar-refractivity contribution is 4.92. The fourth-order valence-electron chi connectivity index (χ4n) is 4.54. The van der Waals surface area contributed by atoms with Crippen molar-refractivity contribution < 1.29 is 0 Å². The fraction of sp³-hybridized carbons (Fsp3) is 1.00. The van der Waals surface area contributed by atoms with E-state index < -0.39 is 0 Å². The summed E-state index contributed by atoms with van der Waals surface area (Å²) in [6.07, 6.45) is 8.44. The molecule has 0 amide bonds. The number of hydrogen-bond donors (Lipinski definition) is 1. The lowest BCUT2D eigenvalue weighted by molar-refractivity contribution is 0.183. The largest absolute Gasteiger partial charge is 0.330 e. The Morgan fingerprint density at radius 3 is 2.61 bits per heavy atom. The van der Waals surface area contributed by atoms with Crippen molar-refractivity contribution in [3.63, 3.8) is 0 Å². The molecule has 1 aliphatic carbocycles. The van der Waals surface area contributed by atoms with Crippen LogP contribution in [0.1, 0.15) is 38.5 Å². The summed E-state index contributed by atoms with van der Waals surface area (Å²) < 4.78 is 0. The van der Waals surface area contributed by atoms with E-state index in [-0.39, 0.29) is 0 Å². The molecule has 2 aliphatic heterocycles. The van der Waals surface area contributed by atoms with E-state index in [2.05, 4.69) is 16.8 Å². The molecule has 2 N–H and O–H groups in total. The first-order valence-electron chi connectivity index (χ1n) is 7.92. The van der Waals surface area contributed by atoms with Crippen LogP contribution in [0.2, 0.25) is 0 Å². The van der Waals surface area contributed by atoms with Crippen molar-refractivity contribution >= 4 is 0 Å². The normalized spacial score (nSPS) is 42.3. The third-order valence-corrected chi connectivity index (χ3v) is 5.84. The molecule has 0 aromatic carbocycles. The highest BCUT2D eigenvalue weighted by Crippen LogP contribution is 2.33. The van der Waals surface area contributed by atoms with E-state index >= 15 is 0 Å². The van der Waals surface area contributed by atoms with Crippen molar-refractivity contribution in [2.24, 2.45) is 17.6 Å². The molecular weight excluding hydrogens is 222 g/mol. The molecule has 3 nitrogen and oxygen atoms in total. The Labute approximate surface area is 112 Å². The van der Waals surface area contributed by atoms with Crippen molar-refractivity contribution in [2.45, 2.75) is 50.6 Å². The van der Waals surface area contributed by atoms with Crippen LogP contribution >= 0.6 is 0 Å². The Bertz CT molecular complexity index is 281. The van der Waals surface area contributed by atoms with E-state index in [9.17, 15) is 0 Å². The van der Waals surface area contributed by atoms with E-state index in [1.54, 1.807) is 0 Å². The van der Waals surface area contributed by atoms with Crippen molar-refractivity contribution in [3.8, 4) is 0 Å². The first kappa shape index (κ1) is 12.9. The minimum Gasteiger partial charge on any atom is -0.330 e. The van der Waals surface area contributed by atoms with Crippen LogP contribution in [0.25, 0.3) is 0 Å². The molecule has 4 atom stereocenters. The Balaban J connectivity index is 1.57. The number of fused-ring (bicyclic) bond motifs is 2. The first-order valence-corrected chi connectivity index (χ1v) is 7.92. The van der Waals surface area contributed by atoms with Gasteiger partial charge in [0.2, 0.25) is 0 Å². The summed E-state index contributed by atoms with van der Waals surface area (Å²) in [7, 11) is 2.34. The van der Waals surface area contributed by atoms with Crippen molar-refractivity contribution in [1.29, 1.82) is 0 Å². The molecule has 1 saturated carbocycles. The summed E-state index contributed by atoms with van der Waals surface area (Å²) >= 11 is 0. The van der Waals surface area contributed by atoms with Crippen LogP contribution in [0.15, 0.2) is 0 Å². The van der Waals surface area contributed by atoms with E-state index in [0.717, 1.165) is 30.5 Å². The Morgan fingerprint density at radius 1 is 1.00 bits per heavy atom. The second-order valence-corrected chi connectivity index (χ2v) is 6.79. The van der Waals surface area contributed by atoms with Gasteiger partial charge in [0.15, 0.2) is 0 Å². The molecular formula is C15H29N3. The number of hydrogen-bond acceptors (Lipinski definition) is 3. The topological polar surface area (TPSA) is 32.5 Å². The van der Waals surface area contributed by atoms with Gasteiger partial charge in [-0.2, -0.15) is 0 Å². The number of likely N-dealkylation sites (N-methyl/N-ethyl adjacent to an activating group) is 1. The second-order valence-electron chi connectivity index (χ2n) is 6.79. The van der Waals surface area contributed by atoms with Crippen LogP contribution in [0.5, 0.6) is 0 Å². The second kappa shape index (κ2) is 5.48. The fourth-order valence-corrected chi connectivity index (χ4v) is 4.54. The molecule has 0 aromatic heterocycles. The van der Waals surface area contributed by atoms with E-state index in [1.165, 1.54) is 58.2 Å². The van der Waals surface area contributed by atoms with Crippen molar-refractivity contribution in [1.82, 2.24) is 9.80 Å². The molecule has 2 heterocycles. The quantitative estimate of drug-likeness (QED) is 0.825. The first-order chi connectivity index (χ1) is 8.78. The number of nitrogens with two attached hydrogens (primary N) is 1. The van der Waals surface area contributed by atoms with Crippen LogP contribution in [0.4, 0.5) is 0 Å². The van der Waals surface area contributed by atoms with Crippen LogP contribution in [0.3, 0.4) is 0 Å². The molecule has 104 valence electrons. The molecule has 3 rings (SSSR count). The van der Waals surface area contributed by atoms with Gasteiger partial charge in [-0.25, -0.2) is 0 Å². The molecule has 18 heavy (non-hydrogen) atoms. The van der Waals surface area contributed by atoms with Crippen LogP contribution in [-0.4, -0.2) is 55.1 Å². The summed E-state index contributed by atoms with van der Waals surface area (Å²) in [5.74, 6) is 1.69. The highest BCUT2D eigenvalue weighted by Gasteiger charge is 2.36. The highest BCUT2D eigenvalue weighted by atomic mass is 15.3. The van der Waals surface area contributed by atoms with E-state index in [4.69, 9.17) is 5.73 Å². The number of likely N-dealkylation sites (tertiary alicyclic amines) is 1. The maximum Gasteiger partial charge on any atom is 0.0223 e. The molecule has 0 spiro atoms. The van der Waals surface area contributed by atoms with E-state index in [1.807, 2.05) is 0 Å². The zero-order valence-corrected chi connectivity index (χ0v) is 11.9. The Kier molecular flexibility index (Phi) is 3.92. The average molecular weight is 251 g/mol. The Hall–Kier alpha value is -0.120. The van der Waals surface area contributed by atoms with Gasteiger partial charge >= 0.3 is 0 Å². The molecule has 0 radical (unpaired) electrons. The lowest BCUT2D eigenvalue weighted by Gasteiger charge is -2.30. The average Bonchev–Trinajstić information content (AvgIpc) is 2.88. The summed E-state index contributed by atoms with van der Waals surface area (Å²) in [4.78, 5) is 5.40. The lowest BCUT2D eigenvalue weighted by atomic mass is 9.95. The van der Waals surface area contributed by atoms with Gasteiger partial charge < -0.3 is 10.6 Å². The van der Waals surface area contributed by atoms with Crippen LogP contribution in [0, 0.1) is 11.8 Å². The zero-order chi connectivity index (χ0) is 12.5. The third-order valence-electron chi connectivity index (χ3n) is 5.84. The number of nitrogens with zero attached hydrogens (tertiary/aromatic N) is 2. The van der Waals surface area contributed by atoms with Gasteiger partial charge in [0.25, 0.3) is 0 Å². The summed E-state index contributed by atoms with van der Waals surface area (Å²) in [6.45, 7) is 4.85. The van der Waals surface area contributed by atoms with Crippen LogP contribution in [-0.2, 0) is 0 Å². The molecule has 0 aromatic rings. The zero-order valence-electron chi connectivity index (χ0n) is 11.9. The minimum absolute atomic E-state index is 0.808. The minimum atomic E-state index is 0.808. The molecule has 4 unspecified atom stereocenters. The maximum atomic E-state index is 5.92. The SMILES string of the molecule is CN1C2CCC1CN(CC1CCCC1CN)CC2. The third kappa shape index (κ3) is 2.45. The predicted octanol–water partition coefficient (Wildman–Crippen LogP) is 1.53. The van der Waals surface area contributed by atoms with Gasteiger partial charge in [-0.05, 0) is 64.1 Å². The van der Waals surface area contributed by atoms with Gasteiger partial charge in [-0.3, -0.25) is 4.90 Å². The Morgan fingerprint density at radius 2 is 1.78 bits per heavy atom. The van der Waals surface area contributed by atoms with Crippen molar-refractivity contribution in [3.05, 3.63) is 0 Å². The summed E-state index contributed by atoms with van der Waals surface area (Å²) in [5.41, 5.74) is 5.92. The van der Waals surface area contributed by atoms with Gasteiger partial charge in [0, 0.05) is 25.2 Å². The van der Waals surface area contributed by atoms with Gasteiger partial charge in [0.05, 0.1) is 0 Å². The van der Waals surface area contributed by atoms with Gasteiger partial charge in [-0.1, -0.05) is 6.42 Å². The molecule has 2 saturated heterocycles. The molecule has 3 heteroatoms. The van der Waals surface area contributed by atoms with E-state index in [0.29, 0.717) is 0 Å². The summed E-state index contributed by atoms with van der Waals surface area (Å²) in [6, 6.07) is 1.70. The molecule has 3 fully saturated rings. The van der Waals surface area contributed by atoms with Gasteiger partial charge in [-0.15, -0.1) is 0 Å². The summed E-state index contributed by atoms with van der Waals surface area (Å²) in [5, 5.41) is 0. The molecule has 2 bridgehead atoms. The van der Waals surface area contributed by atoms with Crippen molar-refractivity contribution in [2.75, 3.05) is 33.2 Å². The van der Waals surface area contributed by atoms with Gasteiger partial charge in [0.1, 0.15) is 0 Å². The molecule has 3 aliphatic rings. The lowest BCUT2D eigenvalue weighted by Crippen LogP contribution is -2.39.